The van der Waals surface area contributed by atoms with Crippen LogP contribution in [0.2, 0.25) is 0 Å². The molecular weight excluding hydrogens is 600 g/mol. The van der Waals surface area contributed by atoms with Crippen molar-refractivity contribution in [3.8, 4) is 18.1 Å². The molecule has 3 rings (SSSR count). The molecular formula is C21H15I2NO3S. The smallest absolute Gasteiger partial charge is 0.293 e. The summed E-state index contributed by atoms with van der Waals surface area (Å²) in [5.74, 6) is 2.91. The minimum Gasteiger partial charge on any atom is -0.479 e. The number of rotatable bonds is 5. The van der Waals surface area contributed by atoms with Gasteiger partial charge < -0.3 is 4.74 Å². The van der Waals surface area contributed by atoms with Crippen LogP contribution in [0.3, 0.4) is 0 Å². The highest BCUT2D eigenvalue weighted by molar-refractivity contribution is 14.1. The zero-order chi connectivity index (χ0) is 20.3. The van der Waals surface area contributed by atoms with E-state index in [0.29, 0.717) is 4.91 Å². The van der Waals surface area contributed by atoms with Crippen molar-refractivity contribution >= 4 is 74.2 Å². The predicted octanol–water partition coefficient (Wildman–Crippen LogP) is 5.45. The van der Waals surface area contributed by atoms with Crippen LogP contribution in [-0.4, -0.2) is 22.7 Å². The molecule has 28 heavy (non-hydrogen) atoms. The summed E-state index contributed by atoms with van der Waals surface area (Å²) in [6.45, 7) is 2.46. The summed E-state index contributed by atoms with van der Waals surface area (Å²) >= 11 is 5.31. The van der Waals surface area contributed by atoms with E-state index in [1.165, 1.54) is 4.90 Å². The van der Waals surface area contributed by atoms with E-state index in [4.69, 9.17) is 11.2 Å². The first-order valence-electron chi connectivity index (χ1n) is 8.25. The number of imide groups is 1. The van der Waals surface area contributed by atoms with Gasteiger partial charge in [-0.2, -0.15) is 0 Å². The molecule has 0 N–H and O–H groups in total. The summed E-state index contributed by atoms with van der Waals surface area (Å²) < 4.78 is 7.35. The van der Waals surface area contributed by atoms with Gasteiger partial charge in [-0.3, -0.25) is 14.5 Å². The van der Waals surface area contributed by atoms with Crippen molar-refractivity contribution in [3.63, 3.8) is 0 Å². The van der Waals surface area contributed by atoms with E-state index in [9.17, 15) is 9.59 Å². The normalized spacial score (nSPS) is 15.2. The minimum absolute atomic E-state index is 0.198. The standard InChI is InChI=1S/C21H15I2NO3S/c1-3-7-27-19-16(22)9-15(10-17(19)23)11-18-20(25)24(21(26)28-18)12-14-6-4-5-13(2)8-14/h1,4-6,8-11H,7,12H2,2H3/b18-11-. The second kappa shape index (κ2) is 9.33. The van der Waals surface area contributed by atoms with Crippen molar-refractivity contribution < 1.29 is 14.3 Å². The van der Waals surface area contributed by atoms with Crippen molar-refractivity contribution in [3.05, 3.63) is 65.1 Å². The molecule has 0 bridgehead atoms. The minimum atomic E-state index is -0.269. The molecule has 1 saturated heterocycles. The van der Waals surface area contributed by atoms with E-state index in [2.05, 4.69) is 51.1 Å². The average molecular weight is 615 g/mol. The molecule has 0 unspecified atom stereocenters. The number of amides is 2. The summed E-state index contributed by atoms with van der Waals surface area (Å²) in [6.07, 6.45) is 7.00. The molecule has 7 heteroatoms. The average Bonchev–Trinajstić information content (AvgIpc) is 2.89. The van der Waals surface area contributed by atoms with Crippen molar-refractivity contribution in [2.24, 2.45) is 0 Å². The molecule has 1 heterocycles. The summed E-state index contributed by atoms with van der Waals surface area (Å²) in [6, 6.07) is 11.6. The molecule has 4 nitrogen and oxygen atoms in total. The third-order valence-corrected chi connectivity index (χ3v) is 6.42. The third kappa shape index (κ3) is 4.90. The molecule has 2 aromatic rings. The van der Waals surface area contributed by atoms with Gasteiger partial charge in [-0.05, 0) is 93.2 Å². The summed E-state index contributed by atoms with van der Waals surface area (Å²) in [7, 11) is 0. The van der Waals surface area contributed by atoms with Gasteiger partial charge in [0.25, 0.3) is 11.1 Å². The number of hydrogen-bond acceptors (Lipinski definition) is 4. The van der Waals surface area contributed by atoms with Gasteiger partial charge in [-0.15, -0.1) is 6.42 Å². The number of aryl methyl sites for hydroxylation is 1. The lowest BCUT2D eigenvalue weighted by atomic mass is 10.1. The quantitative estimate of drug-likeness (QED) is 0.255. The van der Waals surface area contributed by atoms with Crippen LogP contribution in [0.25, 0.3) is 6.08 Å². The number of ether oxygens (including phenoxy) is 1. The molecule has 0 atom stereocenters. The molecule has 0 radical (unpaired) electrons. The Hall–Kier alpha value is -1.51. The van der Waals surface area contributed by atoms with E-state index in [-0.39, 0.29) is 24.3 Å². The molecule has 1 aliphatic heterocycles. The van der Waals surface area contributed by atoms with E-state index in [1.807, 2.05) is 43.3 Å². The number of halogens is 2. The number of carbonyl (C=O) groups is 2. The molecule has 2 amide bonds. The predicted molar refractivity (Wildman–Crippen MR) is 129 cm³/mol. The van der Waals surface area contributed by atoms with Crippen LogP contribution in [0.15, 0.2) is 41.3 Å². The third-order valence-electron chi connectivity index (χ3n) is 3.91. The summed E-state index contributed by atoms with van der Waals surface area (Å²) in [5.41, 5.74) is 2.86. The van der Waals surface area contributed by atoms with Crippen molar-refractivity contribution in [1.29, 1.82) is 0 Å². The van der Waals surface area contributed by atoms with Crippen LogP contribution in [0.1, 0.15) is 16.7 Å². The Bertz CT molecular complexity index is 1000. The lowest BCUT2D eigenvalue weighted by molar-refractivity contribution is -0.123. The Kier molecular flexibility index (Phi) is 7.06. The highest BCUT2D eigenvalue weighted by Crippen LogP contribution is 2.35. The summed E-state index contributed by atoms with van der Waals surface area (Å²) in [4.78, 5) is 26.8. The molecule has 142 valence electrons. The van der Waals surface area contributed by atoms with Gasteiger partial charge in [-0.1, -0.05) is 35.7 Å². The van der Waals surface area contributed by atoms with E-state index in [0.717, 1.165) is 41.3 Å². The fraction of sp³-hybridized carbons (Fsp3) is 0.143. The number of carbonyl (C=O) groups excluding carboxylic acids is 2. The lowest BCUT2D eigenvalue weighted by Crippen LogP contribution is -2.27. The number of hydrogen-bond donors (Lipinski definition) is 0. The second-order valence-electron chi connectivity index (χ2n) is 6.06. The maximum Gasteiger partial charge on any atom is 0.293 e. The maximum atomic E-state index is 12.8. The second-order valence-corrected chi connectivity index (χ2v) is 9.38. The first-order valence-corrected chi connectivity index (χ1v) is 11.2. The molecule has 0 aliphatic carbocycles. The number of thioether (sulfide) groups is 1. The zero-order valence-corrected chi connectivity index (χ0v) is 20.0. The maximum absolute atomic E-state index is 12.8. The highest BCUT2D eigenvalue weighted by atomic mass is 127. The van der Waals surface area contributed by atoms with Gasteiger partial charge in [0.1, 0.15) is 12.4 Å². The topological polar surface area (TPSA) is 46.6 Å². The van der Waals surface area contributed by atoms with Crippen LogP contribution in [0.5, 0.6) is 5.75 Å². The van der Waals surface area contributed by atoms with Crippen molar-refractivity contribution in [1.82, 2.24) is 4.90 Å². The van der Waals surface area contributed by atoms with Crippen LogP contribution in [-0.2, 0) is 11.3 Å². The van der Waals surface area contributed by atoms with Crippen LogP contribution >= 0.6 is 56.9 Å². The highest BCUT2D eigenvalue weighted by Gasteiger charge is 2.35. The first kappa shape index (κ1) is 21.2. The molecule has 1 aliphatic rings. The SMILES string of the molecule is C#CCOc1c(I)cc(/C=C2\SC(=O)N(Cc3cccc(C)c3)C2=O)cc1I. The van der Waals surface area contributed by atoms with Crippen molar-refractivity contribution in [2.75, 3.05) is 6.61 Å². The summed E-state index contributed by atoms with van der Waals surface area (Å²) in [5, 5.41) is -0.254. The van der Waals surface area contributed by atoms with Gasteiger partial charge >= 0.3 is 0 Å². The molecule has 0 saturated carbocycles. The Morgan fingerprint density at radius 3 is 2.57 bits per heavy atom. The van der Waals surface area contributed by atoms with E-state index >= 15 is 0 Å². The largest absolute Gasteiger partial charge is 0.479 e. The molecule has 2 aromatic carbocycles. The van der Waals surface area contributed by atoms with Gasteiger partial charge in [0.05, 0.1) is 18.6 Å². The molecule has 1 fully saturated rings. The van der Waals surface area contributed by atoms with E-state index < -0.39 is 0 Å². The Morgan fingerprint density at radius 2 is 1.93 bits per heavy atom. The van der Waals surface area contributed by atoms with Gasteiger partial charge in [0.15, 0.2) is 0 Å². The fourth-order valence-corrected chi connectivity index (χ4v) is 5.66. The van der Waals surface area contributed by atoms with Gasteiger partial charge in [0.2, 0.25) is 0 Å². The first-order chi connectivity index (χ1) is 13.4. The molecule has 0 spiro atoms. The zero-order valence-electron chi connectivity index (χ0n) is 14.9. The molecule has 0 aromatic heterocycles. The number of benzene rings is 2. The van der Waals surface area contributed by atoms with Crippen molar-refractivity contribution in [2.45, 2.75) is 13.5 Å². The van der Waals surface area contributed by atoms with Gasteiger partial charge in [-0.25, -0.2) is 0 Å². The van der Waals surface area contributed by atoms with Gasteiger partial charge in [0, 0.05) is 0 Å². The lowest BCUT2D eigenvalue weighted by Gasteiger charge is -2.12. The van der Waals surface area contributed by atoms with Crippen LogP contribution < -0.4 is 4.74 Å². The number of nitrogens with zero attached hydrogens (tertiary/aromatic N) is 1. The monoisotopic (exact) mass is 615 g/mol. The van der Waals surface area contributed by atoms with E-state index in [1.54, 1.807) is 6.08 Å². The van der Waals surface area contributed by atoms with Crippen LogP contribution in [0.4, 0.5) is 4.79 Å². The fourth-order valence-electron chi connectivity index (χ4n) is 2.70. The van der Waals surface area contributed by atoms with Crippen LogP contribution in [0, 0.1) is 26.4 Å². The Balaban J connectivity index is 1.82. The Morgan fingerprint density at radius 1 is 1.21 bits per heavy atom. The number of terminal acetylenes is 1. The Labute approximate surface area is 195 Å².